The first-order chi connectivity index (χ1) is 6.40. The van der Waals surface area contributed by atoms with E-state index in [0.717, 1.165) is 12.2 Å². The lowest BCUT2D eigenvalue weighted by Gasteiger charge is -2.06. The maximum absolute atomic E-state index is 5.32. The van der Waals surface area contributed by atoms with Crippen molar-refractivity contribution in [3.63, 3.8) is 0 Å². The number of fused-ring (bicyclic) bond motifs is 1. The molecule has 0 aromatic heterocycles. The van der Waals surface area contributed by atoms with Crippen molar-refractivity contribution in [2.75, 3.05) is 13.9 Å². The van der Waals surface area contributed by atoms with Crippen molar-refractivity contribution in [2.45, 2.75) is 6.42 Å². The summed E-state index contributed by atoms with van der Waals surface area (Å²) in [7, 11) is 1.62. The quantitative estimate of drug-likeness (QED) is 0.657. The van der Waals surface area contributed by atoms with E-state index in [0.29, 0.717) is 6.79 Å². The first-order valence-corrected chi connectivity index (χ1v) is 4.31. The summed E-state index contributed by atoms with van der Waals surface area (Å²) in [4.78, 5) is 0. The normalized spacial score (nSPS) is 13.0. The molecular weight excluding hydrogens is 164 g/mol. The highest BCUT2D eigenvalue weighted by molar-refractivity contribution is 5.61. The van der Waals surface area contributed by atoms with Crippen LogP contribution in [0.2, 0.25) is 0 Å². The molecule has 0 aliphatic heterocycles. The molecular formula is C11H12O2. The van der Waals surface area contributed by atoms with E-state index in [1.54, 1.807) is 7.11 Å². The van der Waals surface area contributed by atoms with Gasteiger partial charge in [0.15, 0.2) is 6.79 Å². The van der Waals surface area contributed by atoms with Crippen molar-refractivity contribution >= 4 is 6.08 Å². The Morgan fingerprint density at radius 1 is 1.38 bits per heavy atom. The number of allylic oxidation sites excluding steroid dienone is 1. The number of hydrogen-bond donors (Lipinski definition) is 0. The predicted molar refractivity (Wildman–Crippen MR) is 51.7 cm³/mol. The van der Waals surface area contributed by atoms with Gasteiger partial charge in [0, 0.05) is 7.11 Å². The molecule has 2 nitrogen and oxygen atoms in total. The highest BCUT2D eigenvalue weighted by Crippen LogP contribution is 2.24. The molecule has 1 aromatic carbocycles. The van der Waals surface area contributed by atoms with Crippen LogP contribution in [0.15, 0.2) is 24.3 Å². The van der Waals surface area contributed by atoms with Crippen LogP contribution < -0.4 is 4.74 Å². The third-order valence-electron chi connectivity index (χ3n) is 2.10. The first-order valence-electron chi connectivity index (χ1n) is 4.31. The van der Waals surface area contributed by atoms with Gasteiger partial charge in [0.1, 0.15) is 5.75 Å². The van der Waals surface area contributed by atoms with Crippen LogP contribution in [0, 0.1) is 0 Å². The number of ether oxygens (including phenoxy) is 2. The zero-order chi connectivity index (χ0) is 9.10. The summed E-state index contributed by atoms with van der Waals surface area (Å²) >= 11 is 0. The van der Waals surface area contributed by atoms with Gasteiger partial charge in [0.25, 0.3) is 0 Å². The molecule has 0 N–H and O–H groups in total. The number of benzene rings is 1. The van der Waals surface area contributed by atoms with E-state index in [4.69, 9.17) is 9.47 Å². The van der Waals surface area contributed by atoms with E-state index < -0.39 is 0 Å². The molecule has 0 unspecified atom stereocenters. The summed E-state index contributed by atoms with van der Waals surface area (Å²) in [6.07, 6.45) is 5.32. The Morgan fingerprint density at radius 2 is 2.31 bits per heavy atom. The number of rotatable bonds is 3. The summed E-state index contributed by atoms with van der Waals surface area (Å²) in [5, 5.41) is 0. The van der Waals surface area contributed by atoms with Crippen LogP contribution >= 0.6 is 0 Å². The van der Waals surface area contributed by atoms with Crippen LogP contribution in [-0.2, 0) is 11.2 Å². The fraction of sp³-hybridized carbons (Fsp3) is 0.273. The SMILES string of the molecule is COCOc1ccc2c(c1)C=CC2. The third-order valence-corrected chi connectivity index (χ3v) is 2.10. The van der Waals surface area contributed by atoms with E-state index in [1.165, 1.54) is 11.1 Å². The monoisotopic (exact) mass is 176 g/mol. The van der Waals surface area contributed by atoms with Crippen molar-refractivity contribution in [1.29, 1.82) is 0 Å². The van der Waals surface area contributed by atoms with Crippen LogP contribution in [0.5, 0.6) is 5.75 Å². The fourth-order valence-electron chi connectivity index (χ4n) is 1.44. The molecule has 0 atom stereocenters. The van der Waals surface area contributed by atoms with Crippen LogP contribution in [-0.4, -0.2) is 13.9 Å². The van der Waals surface area contributed by atoms with E-state index in [9.17, 15) is 0 Å². The molecule has 0 amide bonds. The van der Waals surface area contributed by atoms with Gasteiger partial charge in [-0.1, -0.05) is 18.2 Å². The molecule has 1 aliphatic rings. The van der Waals surface area contributed by atoms with Crippen LogP contribution in [0.4, 0.5) is 0 Å². The zero-order valence-electron chi connectivity index (χ0n) is 7.62. The Kier molecular flexibility index (Phi) is 2.32. The minimum Gasteiger partial charge on any atom is -0.468 e. The molecule has 0 radical (unpaired) electrons. The maximum Gasteiger partial charge on any atom is 0.188 e. The molecule has 0 saturated carbocycles. The van der Waals surface area contributed by atoms with Gasteiger partial charge in [-0.25, -0.2) is 0 Å². The van der Waals surface area contributed by atoms with Crippen LogP contribution in [0.1, 0.15) is 11.1 Å². The molecule has 0 saturated heterocycles. The minimum absolute atomic E-state index is 0.308. The van der Waals surface area contributed by atoms with Crippen molar-refractivity contribution in [2.24, 2.45) is 0 Å². The summed E-state index contributed by atoms with van der Waals surface area (Å²) in [5.41, 5.74) is 2.62. The zero-order valence-corrected chi connectivity index (χ0v) is 7.62. The third kappa shape index (κ3) is 1.73. The molecule has 2 heteroatoms. The van der Waals surface area contributed by atoms with Crippen molar-refractivity contribution in [3.8, 4) is 5.75 Å². The molecule has 2 rings (SSSR count). The van der Waals surface area contributed by atoms with Gasteiger partial charge in [-0.05, 0) is 29.7 Å². The smallest absolute Gasteiger partial charge is 0.188 e. The second-order valence-electron chi connectivity index (χ2n) is 3.02. The molecule has 0 fully saturated rings. The molecule has 0 spiro atoms. The largest absolute Gasteiger partial charge is 0.468 e. The first kappa shape index (κ1) is 8.32. The summed E-state index contributed by atoms with van der Waals surface area (Å²) < 4.78 is 10.1. The minimum atomic E-state index is 0.308. The van der Waals surface area contributed by atoms with Gasteiger partial charge < -0.3 is 9.47 Å². The predicted octanol–water partition coefficient (Wildman–Crippen LogP) is 2.24. The van der Waals surface area contributed by atoms with E-state index in [2.05, 4.69) is 18.2 Å². The molecule has 1 aromatic rings. The summed E-state index contributed by atoms with van der Waals surface area (Å²) in [5.74, 6) is 0.868. The molecule has 0 heterocycles. The molecule has 1 aliphatic carbocycles. The van der Waals surface area contributed by atoms with E-state index in [1.807, 2.05) is 12.1 Å². The van der Waals surface area contributed by atoms with Crippen molar-refractivity contribution in [3.05, 3.63) is 35.4 Å². The second kappa shape index (κ2) is 3.62. The van der Waals surface area contributed by atoms with Gasteiger partial charge in [-0.15, -0.1) is 0 Å². The van der Waals surface area contributed by atoms with E-state index >= 15 is 0 Å². The number of hydrogen-bond acceptors (Lipinski definition) is 2. The topological polar surface area (TPSA) is 18.5 Å². The van der Waals surface area contributed by atoms with Crippen LogP contribution in [0.25, 0.3) is 6.08 Å². The second-order valence-corrected chi connectivity index (χ2v) is 3.02. The lowest BCUT2D eigenvalue weighted by Crippen LogP contribution is -1.98. The highest BCUT2D eigenvalue weighted by atomic mass is 16.7. The van der Waals surface area contributed by atoms with Crippen LogP contribution in [0.3, 0.4) is 0 Å². The van der Waals surface area contributed by atoms with Gasteiger partial charge in [-0.2, -0.15) is 0 Å². The Balaban J connectivity index is 2.15. The Labute approximate surface area is 77.8 Å². The maximum atomic E-state index is 5.32. The Bertz CT molecular complexity index is 329. The lowest BCUT2D eigenvalue weighted by atomic mass is 10.1. The highest BCUT2D eigenvalue weighted by Gasteiger charge is 2.05. The van der Waals surface area contributed by atoms with Gasteiger partial charge >= 0.3 is 0 Å². The van der Waals surface area contributed by atoms with Crippen molar-refractivity contribution in [1.82, 2.24) is 0 Å². The van der Waals surface area contributed by atoms with Crippen molar-refractivity contribution < 1.29 is 9.47 Å². The molecule has 0 bridgehead atoms. The fourth-order valence-corrected chi connectivity index (χ4v) is 1.44. The summed E-state index contributed by atoms with van der Waals surface area (Å²) in [6.45, 7) is 0.308. The molecule has 13 heavy (non-hydrogen) atoms. The summed E-state index contributed by atoms with van der Waals surface area (Å²) in [6, 6.07) is 6.11. The average Bonchev–Trinajstić information content (AvgIpc) is 2.61. The van der Waals surface area contributed by atoms with Gasteiger partial charge in [0.05, 0.1) is 0 Å². The average molecular weight is 176 g/mol. The standard InChI is InChI=1S/C11H12O2/c1-12-8-13-11-6-5-9-3-2-4-10(9)7-11/h2,4-7H,3,8H2,1H3. The lowest BCUT2D eigenvalue weighted by molar-refractivity contribution is 0.0511. The van der Waals surface area contributed by atoms with Gasteiger partial charge in [-0.3, -0.25) is 0 Å². The molecule has 68 valence electrons. The Hall–Kier alpha value is -1.28. The van der Waals surface area contributed by atoms with E-state index in [-0.39, 0.29) is 0 Å². The Morgan fingerprint density at radius 3 is 3.15 bits per heavy atom. The van der Waals surface area contributed by atoms with Gasteiger partial charge in [0.2, 0.25) is 0 Å². The number of methoxy groups -OCH3 is 1.